The third kappa shape index (κ3) is 2.52. The second-order valence-electron chi connectivity index (χ2n) is 5.08. The number of hydrogen-bond acceptors (Lipinski definition) is 1. The van der Waals surface area contributed by atoms with Crippen molar-refractivity contribution in [2.75, 3.05) is 0 Å². The summed E-state index contributed by atoms with van der Waals surface area (Å²) in [5.74, 6) is 0. The second kappa shape index (κ2) is 5.26. The first-order chi connectivity index (χ1) is 10.1. The van der Waals surface area contributed by atoms with E-state index in [-0.39, 0.29) is 5.56 Å². The third-order valence-electron chi connectivity index (χ3n) is 3.44. The fraction of sp³-hybridized carbons (Fsp3) is 0.118. The topological polar surface area (TPSA) is 26.9 Å². The molecule has 0 fully saturated rings. The first-order valence-electron chi connectivity index (χ1n) is 6.68. The Bertz CT molecular complexity index is 861. The molecule has 1 aromatic heterocycles. The standard InChI is InChI=1S/C17H15ClN2O/c1-12-5-3-6-13(9-12)16-11-19(2)20(17(16)21)15-8-4-7-14(18)10-15/h3-11H,1-2H3. The van der Waals surface area contributed by atoms with Gasteiger partial charge in [-0.25, -0.2) is 4.68 Å². The van der Waals surface area contributed by atoms with Crippen molar-refractivity contribution < 1.29 is 0 Å². The molecule has 3 rings (SSSR count). The molecule has 106 valence electrons. The average Bonchev–Trinajstić information content (AvgIpc) is 2.74. The van der Waals surface area contributed by atoms with Gasteiger partial charge in [0.25, 0.3) is 5.56 Å². The molecule has 0 aliphatic heterocycles. The van der Waals surface area contributed by atoms with E-state index in [1.165, 1.54) is 0 Å². The molecule has 0 saturated heterocycles. The summed E-state index contributed by atoms with van der Waals surface area (Å²) in [6.45, 7) is 2.02. The Morgan fingerprint density at radius 3 is 2.52 bits per heavy atom. The predicted octanol–water partition coefficient (Wildman–Crippen LogP) is 3.80. The summed E-state index contributed by atoms with van der Waals surface area (Å²) >= 11 is 6.02. The molecule has 0 atom stereocenters. The molecular formula is C17H15ClN2O. The van der Waals surface area contributed by atoms with Crippen LogP contribution >= 0.6 is 11.6 Å². The first kappa shape index (κ1) is 13.7. The smallest absolute Gasteiger partial charge is 0.279 e. The Labute approximate surface area is 128 Å². The van der Waals surface area contributed by atoms with Crippen LogP contribution in [0.3, 0.4) is 0 Å². The van der Waals surface area contributed by atoms with E-state index in [0.717, 1.165) is 16.8 Å². The maximum atomic E-state index is 12.7. The Morgan fingerprint density at radius 1 is 1.05 bits per heavy atom. The number of halogens is 1. The summed E-state index contributed by atoms with van der Waals surface area (Å²) in [6.07, 6.45) is 1.85. The number of aryl methyl sites for hydroxylation is 2. The Balaban J connectivity index is 2.20. The van der Waals surface area contributed by atoms with Crippen molar-refractivity contribution in [3.05, 3.63) is 75.7 Å². The van der Waals surface area contributed by atoms with E-state index in [4.69, 9.17) is 11.6 Å². The van der Waals surface area contributed by atoms with E-state index in [0.29, 0.717) is 10.6 Å². The van der Waals surface area contributed by atoms with E-state index in [2.05, 4.69) is 0 Å². The quantitative estimate of drug-likeness (QED) is 0.707. The molecular weight excluding hydrogens is 284 g/mol. The SMILES string of the molecule is Cc1cccc(-c2cn(C)n(-c3cccc(Cl)c3)c2=O)c1. The van der Waals surface area contributed by atoms with Crippen LogP contribution in [-0.4, -0.2) is 9.36 Å². The maximum Gasteiger partial charge on any atom is 0.279 e. The number of rotatable bonds is 2. The fourth-order valence-corrected chi connectivity index (χ4v) is 2.66. The van der Waals surface area contributed by atoms with Gasteiger partial charge in [0.05, 0.1) is 11.3 Å². The molecule has 0 bridgehead atoms. The van der Waals surface area contributed by atoms with Gasteiger partial charge in [-0.1, -0.05) is 47.5 Å². The van der Waals surface area contributed by atoms with Crippen LogP contribution in [0.4, 0.5) is 0 Å². The van der Waals surface area contributed by atoms with Crippen LogP contribution in [0.25, 0.3) is 16.8 Å². The third-order valence-corrected chi connectivity index (χ3v) is 3.67. The van der Waals surface area contributed by atoms with Crippen molar-refractivity contribution in [3.63, 3.8) is 0 Å². The Hall–Kier alpha value is -2.26. The maximum absolute atomic E-state index is 12.7. The van der Waals surface area contributed by atoms with E-state index in [1.807, 2.05) is 56.6 Å². The average molecular weight is 299 g/mol. The van der Waals surface area contributed by atoms with Gasteiger partial charge in [0.15, 0.2) is 0 Å². The molecule has 2 aromatic carbocycles. The molecule has 0 aliphatic carbocycles. The molecule has 0 aliphatic rings. The van der Waals surface area contributed by atoms with Crippen LogP contribution < -0.4 is 5.56 Å². The van der Waals surface area contributed by atoms with Gasteiger partial charge in [0.2, 0.25) is 0 Å². The summed E-state index contributed by atoms with van der Waals surface area (Å²) < 4.78 is 3.40. The zero-order valence-corrected chi connectivity index (χ0v) is 12.6. The van der Waals surface area contributed by atoms with E-state index in [9.17, 15) is 4.79 Å². The van der Waals surface area contributed by atoms with E-state index >= 15 is 0 Å². The largest absolute Gasteiger partial charge is 0.288 e. The lowest BCUT2D eigenvalue weighted by Gasteiger charge is -2.06. The van der Waals surface area contributed by atoms with Gasteiger partial charge in [0, 0.05) is 18.3 Å². The minimum atomic E-state index is -0.0506. The highest BCUT2D eigenvalue weighted by molar-refractivity contribution is 6.30. The summed E-state index contributed by atoms with van der Waals surface area (Å²) in [7, 11) is 1.85. The minimum absolute atomic E-state index is 0.0506. The molecule has 0 spiro atoms. The number of hydrogen-bond donors (Lipinski definition) is 0. The van der Waals surface area contributed by atoms with Crippen LogP contribution in [0.15, 0.2) is 59.5 Å². The van der Waals surface area contributed by atoms with Gasteiger partial charge >= 0.3 is 0 Å². The van der Waals surface area contributed by atoms with Gasteiger partial charge in [0.1, 0.15) is 0 Å². The van der Waals surface area contributed by atoms with E-state index < -0.39 is 0 Å². The highest BCUT2D eigenvalue weighted by Crippen LogP contribution is 2.19. The molecule has 4 heteroatoms. The summed E-state index contributed by atoms with van der Waals surface area (Å²) in [4.78, 5) is 12.7. The molecule has 0 saturated carbocycles. The Morgan fingerprint density at radius 2 is 1.81 bits per heavy atom. The van der Waals surface area contributed by atoms with Crippen molar-refractivity contribution in [3.8, 4) is 16.8 Å². The van der Waals surface area contributed by atoms with Gasteiger partial charge in [-0.3, -0.25) is 9.48 Å². The van der Waals surface area contributed by atoms with Crippen molar-refractivity contribution in [2.24, 2.45) is 7.05 Å². The molecule has 0 radical (unpaired) electrons. The number of benzene rings is 2. The van der Waals surface area contributed by atoms with Crippen LogP contribution in [-0.2, 0) is 7.05 Å². The normalized spacial score (nSPS) is 10.8. The van der Waals surface area contributed by atoms with Crippen molar-refractivity contribution in [1.82, 2.24) is 9.36 Å². The molecule has 3 nitrogen and oxygen atoms in total. The highest BCUT2D eigenvalue weighted by Gasteiger charge is 2.12. The fourth-order valence-electron chi connectivity index (χ4n) is 2.48. The Kier molecular flexibility index (Phi) is 3.43. The van der Waals surface area contributed by atoms with Crippen molar-refractivity contribution >= 4 is 11.6 Å². The molecule has 1 heterocycles. The summed E-state index contributed by atoms with van der Waals surface area (Å²) in [5.41, 5.74) is 3.45. The van der Waals surface area contributed by atoms with Crippen LogP contribution in [0, 0.1) is 6.92 Å². The van der Waals surface area contributed by atoms with Crippen LogP contribution in [0.2, 0.25) is 5.02 Å². The molecule has 21 heavy (non-hydrogen) atoms. The van der Waals surface area contributed by atoms with Crippen LogP contribution in [0.5, 0.6) is 0 Å². The van der Waals surface area contributed by atoms with Gasteiger partial charge < -0.3 is 0 Å². The van der Waals surface area contributed by atoms with Crippen LogP contribution in [0.1, 0.15) is 5.56 Å². The van der Waals surface area contributed by atoms with Gasteiger partial charge in [-0.2, -0.15) is 0 Å². The molecule has 0 N–H and O–H groups in total. The minimum Gasteiger partial charge on any atom is -0.288 e. The first-order valence-corrected chi connectivity index (χ1v) is 7.06. The summed E-state index contributed by atoms with van der Waals surface area (Å²) in [6, 6.07) is 15.2. The van der Waals surface area contributed by atoms with E-state index in [1.54, 1.807) is 21.5 Å². The number of nitrogens with zero attached hydrogens (tertiary/aromatic N) is 2. The molecule has 3 aromatic rings. The monoisotopic (exact) mass is 298 g/mol. The van der Waals surface area contributed by atoms with Gasteiger partial charge in [-0.15, -0.1) is 0 Å². The highest BCUT2D eigenvalue weighted by atomic mass is 35.5. The predicted molar refractivity (Wildman–Crippen MR) is 86.2 cm³/mol. The lowest BCUT2D eigenvalue weighted by Crippen LogP contribution is -2.19. The van der Waals surface area contributed by atoms with Gasteiger partial charge in [-0.05, 0) is 30.7 Å². The van der Waals surface area contributed by atoms with Crippen molar-refractivity contribution in [1.29, 1.82) is 0 Å². The zero-order chi connectivity index (χ0) is 15.0. The molecule has 0 amide bonds. The lowest BCUT2D eigenvalue weighted by atomic mass is 10.1. The summed E-state index contributed by atoms with van der Waals surface area (Å²) in [5, 5.41) is 0.609. The lowest BCUT2D eigenvalue weighted by molar-refractivity contribution is 0.646. The second-order valence-corrected chi connectivity index (χ2v) is 5.52. The zero-order valence-electron chi connectivity index (χ0n) is 11.9. The number of aromatic nitrogens is 2. The van der Waals surface area contributed by atoms with Crippen molar-refractivity contribution in [2.45, 2.75) is 6.92 Å². The molecule has 0 unspecified atom stereocenters.